The third kappa shape index (κ3) is 4.58. The zero-order valence-corrected chi connectivity index (χ0v) is 17.6. The summed E-state index contributed by atoms with van der Waals surface area (Å²) in [5.41, 5.74) is 1.47. The van der Waals surface area contributed by atoms with E-state index in [1.807, 2.05) is 31.2 Å². The van der Waals surface area contributed by atoms with Gasteiger partial charge in [0.1, 0.15) is 16.1 Å². The SMILES string of the molecule is Cc1ccc(Oc2ccc(N(C(=O)c3cccnc3Br)S(C)(=O)=O)cc2)cc1. The predicted molar refractivity (Wildman–Crippen MR) is 111 cm³/mol. The molecule has 28 heavy (non-hydrogen) atoms. The molecule has 6 nitrogen and oxygen atoms in total. The summed E-state index contributed by atoms with van der Waals surface area (Å²) in [6, 6.07) is 16.9. The van der Waals surface area contributed by atoms with E-state index in [0.29, 0.717) is 11.5 Å². The van der Waals surface area contributed by atoms with Gasteiger partial charge >= 0.3 is 0 Å². The van der Waals surface area contributed by atoms with Gasteiger partial charge in [-0.05, 0) is 71.4 Å². The highest BCUT2D eigenvalue weighted by Gasteiger charge is 2.28. The lowest BCUT2D eigenvalue weighted by Crippen LogP contribution is -2.36. The lowest BCUT2D eigenvalue weighted by atomic mass is 10.2. The molecular weight excluding hydrogens is 444 g/mol. The number of aryl methyl sites for hydroxylation is 1. The molecule has 3 rings (SSSR count). The molecular formula is C20H17BrN2O4S. The average Bonchev–Trinajstić information content (AvgIpc) is 2.64. The molecule has 1 heterocycles. The van der Waals surface area contributed by atoms with Gasteiger partial charge < -0.3 is 4.74 Å². The first-order chi connectivity index (χ1) is 13.3. The number of nitrogens with zero attached hydrogens (tertiary/aromatic N) is 2. The lowest BCUT2D eigenvalue weighted by Gasteiger charge is -2.21. The fourth-order valence-electron chi connectivity index (χ4n) is 2.51. The van der Waals surface area contributed by atoms with Crippen molar-refractivity contribution in [2.75, 3.05) is 10.6 Å². The monoisotopic (exact) mass is 460 g/mol. The number of anilines is 1. The van der Waals surface area contributed by atoms with Gasteiger partial charge in [0.25, 0.3) is 5.91 Å². The van der Waals surface area contributed by atoms with Crippen molar-refractivity contribution < 1.29 is 17.9 Å². The summed E-state index contributed by atoms with van der Waals surface area (Å²) in [5, 5.41) is 0. The number of hydrogen-bond acceptors (Lipinski definition) is 5. The van der Waals surface area contributed by atoms with Gasteiger partial charge in [0.15, 0.2) is 0 Å². The van der Waals surface area contributed by atoms with Crippen molar-refractivity contribution in [3.63, 3.8) is 0 Å². The Morgan fingerprint density at radius 1 is 1.00 bits per heavy atom. The standard InChI is InChI=1S/C20H17BrN2O4S/c1-14-5-9-16(10-6-14)27-17-11-7-15(8-12-17)23(28(2,25)26)20(24)18-4-3-13-22-19(18)21/h3-13H,1-2H3. The maximum Gasteiger partial charge on any atom is 0.274 e. The van der Waals surface area contributed by atoms with Gasteiger partial charge in [-0.1, -0.05) is 17.7 Å². The number of sulfonamides is 1. The highest BCUT2D eigenvalue weighted by Crippen LogP contribution is 2.28. The highest BCUT2D eigenvalue weighted by atomic mass is 79.9. The first-order valence-corrected chi connectivity index (χ1v) is 10.9. The number of aromatic nitrogens is 1. The summed E-state index contributed by atoms with van der Waals surface area (Å²) in [6.07, 6.45) is 2.48. The van der Waals surface area contributed by atoms with Crippen LogP contribution in [0.25, 0.3) is 0 Å². The van der Waals surface area contributed by atoms with E-state index in [-0.39, 0.29) is 15.9 Å². The second-order valence-electron chi connectivity index (χ2n) is 6.08. The van der Waals surface area contributed by atoms with Crippen LogP contribution in [-0.4, -0.2) is 25.6 Å². The maximum absolute atomic E-state index is 12.9. The molecule has 1 amide bonds. The maximum atomic E-state index is 12.9. The zero-order chi connectivity index (χ0) is 20.3. The molecule has 0 bridgehead atoms. The first-order valence-electron chi connectivity index (χ1n) is 8.25. The summed E-state index contributed by atoms with van der Waals surface area (Å²) in [6.45, 7) is 1.98. The minimum Gasteiger partial charge on any atom is -0.457 e. The van der Waals surface area contributed by atoms with Gasteiger partial charge in [-0.3, -0.25) is 4.79 Å². The largest absolute Gasteiger partial charge is 0.457 e. The van der Waals surface area contributed by atoms with Crippen LogP contribution in [0.3, 0.4) is 0 Å². The van der Waals surface area contributed by atoms with Crippen LogP contribution in [0.15, 0.2) is 71.5 Å². The van der Waals surface area contributed by atoms with Crippen molar-refractivity contribution in [2.45, 2.75) is 6.92 Å². The molecule has 0 saturated carbocycles. The van der Waals surface area contributed by atoms with E-state index in [0.717, 1.165) is 16.1 Å². The molecule has 0 saturated heterocycles. The van der Waals surface area contributed by atoms with Gasteiger partial charge in [-0.2, -0.15) is 0 Å². The quantitative estimate of drug-likeness (QED) is 0.521. The van der Waals surface area contributed by atoms with Crippen molar-refractivity contribution in [3.8, 4) is 11.5 Å². The smallest absolute Gasteiger partial charge is 0.274 e. The topological polar surface area (TPSA) is 76.6 Å². The van der Waals surface area contributed by atoms with Gasteiger partial charge in [0, 0.05) is 6.20 Å². The minimum atomic E-state index is -3.86. The van der Waals surface area contributed by atoms with E-state index in [9.17, 15) is 13.2 Å². The molecule has 0 spiro atoms. The summed E-state index contributed by atoms with van der Waals surface area (Å²) < 4.78 is 31.4. The summed E-state index contributed by atoms with van der Waals surface area (Å²) >= 11 is 3.18. The predicted octanol–water partition coefficient (Wildman–Crippen LogP) is 4.55. The van der Waals surface area contributed by atoms with Crippen molar-refractivity contribution in [2.24, 2.45) is 0 Å². The van der Waals surface area contributed by atoms with E-state index >= 15 is 0 Å². The lowest BCUT2D eigenvalue weighted by molar-refractivity contribution is 0.100. The number of ether oxygens (including phenoxy) is 1. The third-order valence-electron chi connectivity index (χ3n) is 3.83. The average molecular weight is 461 g/mol. The molecule has 8 heteroatoms. The van der Waals surface area contributed by atoms with E-state index in [2.05, 4.69) is 20.9 Å². The van der Waals surface area contributed by atoms with Crippen LogP contribution >= 0.6 is 15.9 Å². The van der Waals surface area contributed by atoms with Crippen molar-refractivity contribution in [1.82, 2.24) is 4.98 Å². The summed E-state index contributed by atoms with van der Waals surface area (Å²) in [5.74, 6) is 0.486. The second-order valence-corrected chi connectivity index (χ2v) is 8.67. The number of halogens is 1. The van der Waals surface area contributed by atoms with Gasteiger partial charge in [0.05, 0.1) is 17.5 Å². The van der Waals surface area contributed by atoms with Crippen LogP contribution < -0.4 is 9.04 Å². The van der Waals surface area contributed by atoms with Crippen LogP contribution in [0.1, 0.15) is 15.9 Å². The number of rotatable bonds is 5. The highest BCUT2D eigenvalue weighted by molar-refractivity contribution is 9.10. The molecule has 0 N–H and O–H groups in total. The Bertz CT molecular complexity index is 1100. The fourth-order valence-corrected chi connectivity index (χ4v) is 3.83. The van der Waals surface area contributed by atoms with Crippen molar-refractivity contribution in [3.05, 3.63) is 82.6 Å². The van der Waals surface area contributed by atoms with E-state index in [1.165, 1.54) is 24.4 Å². The van der Waals surface area contributed by atoms with E-state index in [1.54, 1.807) is 18.2 Å². The van der Waals surface area contributed by atoms with Gasteiger partial charge in [-0.25, -0.2) is 17.7 Å². The Morgan fingerprint density at radius 2 is 1.57 bits per heavy atom. The van der Waals surface area contributed by atoms with Crippen LogP contribution in [0.2, 0.25) is 0 Å². The fraction of sp³-hybridized carbons (Fsp3) is 0.100. The Hall–Kier alpha value is -2.71. The third-order valence-corrected chi connectivity index (χ3v) is 5.51. The molecule has 0 atom stereocenters. The molecule has 0 aliphatic rings. The van der Waals surface area contributed by atoms with Crippen LogP contribution in [-0.2, 0) is 10.0 Å². The van der Waals surface area contributed by atoms with Gasteiger partial charge in [-0.15, -0.1) is 0 Å². The van der Waals surface area contributed by atoms with Crippen molar-refractivity contribution >= 4 is 37.5 Å². The second kappa shape index (κ2) is 8.12. The number of carbonyl (C=O) groups is 1. The van der Waals surface area contributed by atoms with Crippen molar-refractivity contribution in [1.29, 1.82) is 0 Å². The number of benzene rings is 2. The minimum absolute atomic E-state index is 0.146. The molecule has 0 aliphatic heterocycles. The molecule has 144 valence electrons. The van der Waals surface area contributed by atoms with E-state index in [4.69, 9.17) is 4.74 Å². The normalized spacial score (nSPS) is 11.1. The number of amides is 1. The zero-order valence-electron chi connectivity index (χ0n) is 15.2. The molecule has 0 unspecified atom stereocenters. The van der Waals surface area contributed by atoms with Crippen LogP contribution in [0.4, 0.5) is 5.69 Å². The molecule has 3 aromatic rings. The summed E-state index contributed by atoms with van der Waals surface area (Å²) in [4.78, 5) is 16.8. The first kappa shape index (κ1) is 20.0. The molecule has 0 radical (unpaired) electrons. The number of pyridine rings is 1. The molecule has 0 fully saturated rings. The Kier molecular flexibility index (Phi) is 5.81. The Morgan fingerprint density at radius 3 is 2.11 bits per heavy atom. The summed E-state index contributed by atoms with van der Waals surface area (Å²) in [7, 11) is -3.86. The van der Waals surface area contributed by atoms with Crippen LogP contribution in [0.5, 0.6) is 11.5 Å². The Balaban J connectivity index is 1.90. The Labute approximate surface area is 172 Å². The molecule has 0 aliphatic carbocycles. The molecule has 1 aromatic heterocycles. The van der Waals surface area contributed by atoms with E-state index < -0.39 is 15.9 Å². The number of carbonyl (C=O) groups excluding carboxylic acids is 1. The van der Waals surface area contributed by atoms with Crippen LogP contribution in [0, 0.1) is 6.92 Å². The van der Waals surface area contributed by atoms with Gasteiger partial charge in [0.2, 0.25) is 10.0 Å². The molecule has 2 aromatic carbocycles. The number of hydrogen-bond donors (Lipinski definition) is 0.